The van der Waals surface area contributed by atoms with Crippen molar-refractivity contribution in [3.63, 3.8) is 0 Å². The number of aliphatic imine (C=N–C) groups is 1. The highest BCUT2D eigenvalue weighted by molar-refractivity contribution is 6.05. The van der Waals surface area contributed by atoms with E-state index in [2.05, 4.69) is 10.7 Å². The SMILES string of the molecule is CC(=NCC[NH3+])c1c(O)c2ccccc2n(C)c1=O. The van der Waals surface area contributed by atoms with Gasteiger partial charge in [-0.2, -0.15) is 0 Å². The third-order valence-electron chi connectivity index (χ3n) is 3.14. The van der Waals surface area contributed by atoms with Crippen LogP contribution in [0.25, 0.3) is 10.9 Å². The maximum atomic E-state index is 12.3. The molecular weight excluding hydrogens is 242 g/mol. The molecule has 0 atom stereocenters. The molecule has 0 bridgehead atoms. The Bertz CT molecular complexity index is 702. The molecular formula is C14H18N3O2+. The molecule has 0 saturated carbocycles. The minimum Gasteiger partial charge on any atom is -0.506 e. The summed E-state index contributed by atoms with van der Waals surface area (Å²) in [5.74, 6) is 0.00372. The van der Waals surface area contributed by atoms with Gasteiger partial charge in [-0.05, 0) is 19.1 Å². The van der Waals surface area contributed by atoms with Crippen LogP contribution >= 0.6 is 0 Å². The normalized spacial score (nSPS) is 12.1. The Hall–Kier alpha value is -2.14. The van der Waals surface area contributed by atoms with Crippen molar-refractivity contribution < 1.29 is 10.8 Å². The van der Waals surface area contributed by atoms with Crippen molar-refractivity contribution in [2.24, 2.45) is 12.0 Å². The van der Waals surface area contributed by atoms with Crippen molar-refractivity contribution in [2.75, 3.05) is 13.1 Å². The van der Waals surface area contributed by atoms with E-state index >= 15 is 0 Å². The van der Waals surface area contributed by atoms with Crippen molar-refractivity contribution in [3.8, 4) is 5.75 Å². The first-order chi connectivity index (χ1) is 9.07. The number of aromatic nitrogens is 1. The van der Waals surface area contributed by atoms with E-state index in [1.165, 1.54) is 4.57 Å². The zero-order chi connectivity index (χ0) is 14.0. The van der Waals surface area contributed by atoms with Gasteiger partial charge in [0.25, 0.3) is 5.56 Å². The van der Waals surface area contributed by atoms with Crippen molar-refractivity contribution in [2.45, 2.75) is 6.92 Å². The monoisotopic (exact) mass is 260 g/mol. The number of para-hydroxylation sites is 1. The summed E-state index contributed by atoms with van der Waals surface area (Å²) in [5, 5.41) is 11.0. The third-order valence-corrected chi connectivity index (χ3v) is 3.14. The van der Waals surface area contributed by atoms with E-state index in [1.54, 1.807) is 20.0 Å². The summed E-state index contributed by atoms with van der Waals surface area (Å²) < 4.78 is 1.54. The van der Waals surface area contributed by atoms with Crippen molar-refractivity contribution >= 4 is 16.6 Å². The summed E-state index contributed by atoms with van der Waals surface area (Å²) in [6, 6.07) is 7.27. The van der Waals surface area contributed by atoms with E-state index < -0.39 is 0 Å². The van der Waals surface area contributed by atoms with Gasteiger partial charge in [0, 0.05) is 18.1 Å². The number of hydrogen-bond donors (Lipinski definition) is 2. The van der Waals surface area contributed by atoms with Crippen LogP contribution in [0.1, 0.15) is 12.5 Å². The number of aromatic hydroxyl groups is 1. The summed E-state index contributed by atoms with van der Waals surface area (Å²) >= 11 is 0. The summed E-state index contributed by atoms with van der Waals surface area (Å²) in [6.07, 6.45) is 0. The average Bonchev–Trinajstić information content (AvgIpc) is 2.43. The molecule has 0 saturated heterocycles. The lowest BCUT2D eigenvalue weighted by Crippen LogP contribution is -2.51. The number of benzene rings is 1. The molecule has 0 aliphatic rings. The van der Waals surface area contributed by atoms with Crippen LogP contribution in [0.5, 0.6) is 5.75 Å². The number of rotatable bonds is 3. The number of aryl methyl sites for hydroxylation is 1. The van der Waals surface area contributed by atoms with Gasteiger partial charge in [-0.25, -0.2) is 0 Å². The lowest BCUT2D eigenvalue weighted by atomic mass is 10.1. The second-order valence-electron chi connectivity index (χ2n) is 4.43. The molecule has 100 valence electrons. The van der Waals surface area contributed by atoms with Gasteiger partial charge in [-0.1, -0.05) is 12.1 Å². The van der Waals surface area contributed by atoms with Gasteiger partial charge < -0.3 is 15.4 Å². The van der Waals surface area contributed by atoms with Gasteiger partial charge in [0.15, 0.2) is 0 Å². The van der Waals surface area contributed by atoms with Crippen LogP contribution in [0.4, 0.5) is 0 Å². The Labute approximate surface area is 111 Å². The smallest absolute Gasteiger partial charge is 0.263 e. The van der Waals surface area contributed by atoms with E-state index in [0.29, 0.717) is 29.7 Å². The predicted octanol–water partition coefficient (Wildman–Crippen LogP) is 0.295. The minimum absolute atomic E-state index is 0.00372. The average molecular weight is 260 g/mol. The predicted molar refractivity (Wildman–Crippen MR) is 75.7 cm³/mol. The van der Waals surface area contributed by atoms with Crippen LogP contribution in [0.2, 0.25) is 0 Å². The molecule has 1 aromatic heterocycles. The molecule has 0 aliphatic carbocycles. The molecule has 1 aromatic carbocycles. The van der Waals surface area contributed by atoms with Crippen molar-refractivity contribution in [3.05, 3.63) is 40.2 Å². The van der Waals surface area contributed by atoms with Gasteiger partial charge in [0.1, 0.15) is 11.3 Å². The Morgan fingerprint density at radius 1 is 1.42 bits per heavy atom. The number of quaternary nitrogens is 1. The van der Waals surface area contributed by atoms with Crippen molar-refractivity contribution in [1.29, 1.82) is 0 Å². The van der Waals surface area contributed by atoms with Crippen LogP contribution in [0, 0.1) is 0 Å². The van der Waals surface area contributed by atoms with Gasteiger partial charge >= 0.3 is 0 Å². The van der Waals surface area contributed by atoms with Crippen LogP contribution in [0.3, 0.4) is 0 Å². The lowest BCUT2D eigenvalue weighted by molar-refractivity contribution is -0.363. The Morgan fingerprint density at radius 3 is 2.79 bits per heavy atom. The van der Waals surface area contributed by atoms with Crippen molar-refractivity contribution in [1.82, 2.24) is 4.57 Å². The van der Waals surface area contributed by atoms with Gasteiger partial charge in [-0.15, -0.1) is 0 Å². The molecule has 2 rings (SSSR count). The standard InChI is InChI=1S/C14H17N3O2/c1-9(16-8-7-15)12-13(18)10-5-3-4-6-11(10)17(2)14(12)19/h3-6,18H,7-8,15H2,1-2H3/p+1. The second-order valence-corrected chi connectivity index (χ2v) is 4.43. The third kappa shape index (κ3) is 2.24. The number of nitrogens with zero attached hydrogens (tertiary/aromatic N) is 2. The fourth-order valence-electron chi connectivity index (χ4n) is 2.13. The maximum absolute atomic E-state index is 12.3. The van der Waals surface area contributed by atoms with E-state index in [-0.39, 0.29) is 16.9 Å². The minimum atomic E-state index is -0.235. The van der Waals surface area contributed by atoms with E-state index in [1.807, 2.05) is 18.2 Å². The van der Waals surface area contributed by atoms with Gasteiger partial charge in [-0.3, -0.25) is 9.79 Å². The summed E-state index contributed by atoms with van der Waals surface area (Å²) in [7, 11) is 1.70. The zero-order valence-corrected chi connectivity index (χ0v) is 11.2. The second kappa shape index (κ2) is 5.24. The fraction of sp³-hybridized carbons (Fsp3) is 0.286. The highest BCUT2D eigenvalue weighted by Gasteiger charge is 2.16. The molecule has 0 amide bonds. The molecule has 2 aromatic rings. The highest BCUT2D eigenvalue weighted by atomic mass is 16.3. The summed E-state index contributed by atoms with van der Waals surface area (Å²) in [5.41, 5.74) is 5.00. The van der Waals surface area contributed by atoms with Crippen LogP contribution in [-0.4, -0.2) is 28.5 Å². The Morgan fingerprint density at radius 2 is 2.11 bits per heavy atom. The van der Waals surface area contributed by atoms with E-state index in [9.17, 15) is 9.90 Å². The lowest BCUT2D eigenvalue weighted by Gasteiger charge is -2.11. The van der Waals surface area contributed by atoms with E-state index in [4.69, 9.17) is 0 Å². The summed E-state index contributed by atoms with van der Waals surface area (Å²) in [4.78, 5) is 16.6. The molecule has 0 radical (unpaired) electrons. The van der Waals surface area contributed by atoms with Crippen LogP contribution < -0.4 is 11.3 Å². The molecule has 5 nitrogen and oxygen atoms in total. The first-order valence-electron chi connectivity index (χ1n) is 6.19. The molecule has 4 N–H and O–H groups in total. The quantitative estimate of drug-likeness (QED) is 0.778. The first kappa shape index (κ1) is 13.3. The largest absolute Gasteiger partial charge is 0.506 e. The van der Waals surface area contributed by atoms with Gasteiger partial charge in [0.2, 0.25) is 0 Å². The van der Waals surface area contributed by atoms with Crippen LogP contribution in [0.15, 0.2) is 34.1 Å². The molecule has 0 spiro atoms. The first-order valence-corrected chi connectivity index (χ1v) is 6.19. The molecule has 0 aliphatic heterocycles. The topological polar surface area (TPSA) is 82.2 Å². The fourth-order valence-corrected chi connectivity index (χ4v) is 2.13. The summed E-state index contributed by atoms with van der Waals surface area (Å²) in [6.45, 7) is 2.94. The van der Waals surface area contributed by atoms with E-state index in [0.717, 1.165) is 0 Å². The number of fused-ring (bicyclic) bond motifs is 1. The van der Waals surface area contributed by atoms with Crippen LogP contribution in [-0.2, 0) is 7.05 Å². The molecule has 0 unspecified atom stereocenters. The molecule has 1 heterocycles. The number of pyridine rings is 1. The zero-order valence-electron chi connectivity index (χ0n) is 11.2. The molecule has 19 heavy (non-hydrogen) atoms. The maximum Gasteiger partial charge on any atom is 0.263 e. The molecule has 0 fully saturated rings. The number of hydrogen-bond acceptors (Lipinski definition) is 3. The highest BCUT2D eigenvalue weighted by Crippen LogP contribution is 2.25. The Kier molecular flexibility index (Phi) is 3.66. The molecule has 5 heteroatoms. The Balaban J connectivity index is 2.79. The van der Waals surface area contributed by atoms with Gasteiger partial charge in [0.05, 0.1) is 18.6 Å².